The predicted octanol–water partition coefficient (Wildman–Crippen LogP) is 0.722. The molecule has 0 aromatic heterocycles. The van der Waals surface area contributed by atoms with Crippen LogP contribution in [0.3, 0.4) is 0 Å². The maximum atomic E-state index is 11.6. The number of hydrogen-bond donors (Lipinski definition) is 3. The molecule has 0 spiro atoms. The van der Waals surface area contributed by atoms with Crippen molar-refractivity contribution in [3.05, 3.63) is 18.2 Å². The molecular formula is C12H18BNO5. The van der Waals surface area contributed by atoms with Gasteiger partial charge in [0.1, 0.15) is 11.4 Å². The summed E-state index contributed by atoms with van der Waals surface area (Å²) in [5, 5.41) is 20.9. The van der Waals surface area contributed by atoms with Crippen molar-refractivity contribution in [3.63, 3.8) is 0 Å². The van der Waals surface area contributed by atoms with Crippen LogP contribution >= 0.6 is 0 Å². The van der Waals surface area contributed by atoms with Crippen LogP contribution in [-0.2, 0) is 4.74 Å². The minimum Gasteiger partial charge on any atom is -0.497 e. The van der Waals surface area contributed by atoms with Crippen LogP contribution in [0.5, 0.6) is 5.75 Å². The van der Waals surface area contributed by atoms with Gasteiger partial charge in [0.2, 0.25) is 0 Å². The van der Waals surface area contributed by atoms with Gasteiger partial charge in [0.15, 0.2) is 0 Å². The fraction of sp³-hybridized carbons (Fsp3) is 0.417. The smallest absolute Gasteiger partial charge is 0.492 e. The van der Waals surface area contributed by atoms with Crippen LogP contribution < -0.4 is 15.5 Å². The molecule has 6 nitrogen and oxygen atoms in total. The maximum absolute atomic E-state index is 11.6. The van der Waals surface area contributed by atoms with Crippen molar-refractivity contribution in [2.75, 3.05) is 12.4 Å². The van der Waals surface area contributed by atoms with Crippen molar-refractivity contribution in [1.82, 2.24) is 0 Å². The zero-order valence-electron chi connectivity index (χ0n) is 11.4. The van der Waals surface area contributed by atoms with Gasteiger partial charge < -0.3 is 19.5 Å². The number of carbonyl (C=O) groups is 1. The Morgan fingerprint density at radius 3 is 2.42 bits per heavy atom. The van der Waals surface area contributed by atoms with Crippen molar-refractivity contribution < 1.29 is 24.3 Å². The standard InChI is InChI=1S/C12H18BNO5/c1-12(2,3)19-11(15)14-8-5-6-10(18-4)9(7-8)13(16)17/h5-7,16-17H,1-4H3,(H,14,15). The van der Waals surface area contributed by atoms with Gasteiger partial charge in [-0.1, -0.05) is 0 Å². The van der Waals surface area contributed by atoms with Gasteiger partial charge in [-0.15, -0.1) is 0 Å². The number of methoxy groups -OCH3 is 1. The molecule has 0 radical (unpaired) electrons. The summed E-state index contributed by atoms with van der Waals surface area (Å²) >= 11 is 0. The van der Waals surface area contributed by atoms with E-state index in [0.29, 0.717) is 11.4 Å². The molecule has 1 amide bonds. The molecule has 0 fully saturated rings. The van der Waals surface area contributed by atoms with E-state index in [1.165, 1.54) is 19.2 Å². The van der Waals surface area contributed by atoms with E-state index in [0.717, 1.165) is 0 Å². The Kier molecular flexibility index (Phi) is 4.80. The molecule has 0 aliphatic carbocycles. The molecule has 1 aromatic rings. The number of carbonyl (C=O) groups excluding carboxylic acids is 1. The van der Waals surface area contributed by atoms with E-state index >= 15 is 0 Å². The lowest BCUT2D eigenvalue weighted by molar-refractivity contribution is 0.0636. The molecule has 3 N–H and O–H groups in total. The molecule has 19 heavy (non-hydrogen) atoms. The molecule has 1 rings (SSSR count). The molecule has 0 aliphatic heterocycles. The molecule has 0 atom stereocenters. The van der Waals surface area contributed by atoms with Gasteiger partial charge in [-0.05, 0) is 39.0 Å². The number of anilines is 1. The summed E-state index contributed by atoms with van der Waals surface area (Å²) in [4.78, 5) is 11.6. The van der Waals surface area contributed by atoms with Crippen LogP contribution in [0.15, 0.2) is 18.2 Å². The molecule has 0 unspecified atom stereocenters. The van der Waals surface area contributed by atoms with Crippen LogP contribution in [0, 0.1) is 0 Å². The Morgan fingerprint density at radius 2 is 1.95 bits per heavy atom. The Labute approximate surface area is 112 Å². The van der Waals surface area contributed by atoms with Gasteiger partial charge >= 0.3 is 13.2 Å². The fourth-order valence-electron chi connectivity index (χ4n) is 1.44. The van der Waals surface area contributed by atoms with Crippen LogP contribution in [-0.4, -0.2) is 36.0 Å². The van der Waals surface area contributed by atoms with E-state index in [9.17, 15) is 14.8 Å². The zero-order valence-corrected chi connectivity index (χ0v) is 11.4. The first-order valence-electron chi connectivity index (χ1n) is 5.77. The van der Waals surface area contributed by atoms with Crippen LogP contribution in [0.25, 0.3) is 0 Å². The first-order chi connectivity index (χ1) is 8.73. The lowest BCUT2D eigenvalue weighted by Crippen LogP contribution is -2.32. The van der Waals surface area contributed by atoms with E-state index in [-0.39, 0.29) is 5.46 Å². The summed E-state index contributed by atoms with van der Waals surface area (Å²) in [7, 11) is -0.266. The number of nitrogens with one attached hydrogen (secondary N) is 1. The van der Waals surface area contributed by atoms with Crippen molar-refractivity contribution in [2.24, 2.45) is 0 Å². The van der Waals surface area contributed by atoms with E-state index in [2.05, 4.69) is 5.32 Å². The first kappa shape index (κ1) is 15.3. The molecule has 0 saturated heterocycles. The second-order valence-corrected chi connectivity index (χ2v) is 4.96. The number of amides is 1. The van der Waals surface area contributed by atoms with Gasteiger partial charge in [-0.25, -0.2) is 4.79 Å². The molecule has 0 saturated carbocycles. The third-order valence-corrected chi connectivity index (χ3v) is 2.15. The minimum absolute atomic E-state index is 0.163. The molecule has 0 bridgehead atoms. The Balaban J connectivity index is 2.85. The highest BCUT2D eigenvalue weighted by atomic mass is 16.6. The molecule has 0 heterocycles. The molecular weight excluding hydrogens is 249 g/mol. The molecule has 1 aromatic carbocycles. The summed E-state index contributed by atoms with van der Waals surface area (Å²) in [6, 6.07) is 4.52. The Bertz CT molecular complexity index is 456. The second kappa shape index (κ2) is 5.94. The summed E-state index contributed by atoms with van der Waals surface area (Å²) in [5.74, 6) is 0.324. The lowest BCUT2D eigenvalue weighted by atomic mass is 9.79. The van der Waals surface area contributed by atoms with Crippen molar-refractivity contribution >= 4 is 24.4 Å². The summed E-state index contributed by atoms with van der Waals surface area (Å²) in [5.41, 5.74) is -0.0511. The second-order valence-electron chi connectivity index (χ2n) is 4.96. The zero-order chi connectivity index (χ0) is 14.6. The average molecular weight is 267 g/mol. The Hall–Kier alpha value is -1.73. The van der Waals surface area contributed by atoms with Crippen molar-refractivity contribution in [1.29, 1.82) is 0 Å². The normalized spacial score (nSPS) is 10.8. The van der Waals surface area contributed by atoms with Gasteiger partial charge in [0, 0.05) is 11.2 Å². The highest BCUT2D eigenvalue weighted by Gasteiger charge is 2.20. The third kappa shape index (κ3) is 4.80. The van der Waals surface area contributed by atoms with E-state index in [4.69, 9.17) is 9.47 Å². The highest BCUT2D eigenvalue weighted by Crippen LogP contribution is 2.15. The van der Waals surface area contributed by atoms with Gasteiger partial charge in [-0.3, -0.25) is 5.32 Å². The van der Waals surface area contributed by atoms with Gasteiger partial charge in [-0.2, -0.15) is 0 Å². The third-order valence-electron chi connectivity index (χ3n) is 2.15. The quantitative estimate of drug-likeness (QED) is 0.702. The molecule has 7 heteroatoms. The maximum Gasteiger partial charge on any atom is 0.492 e. The number of ether oxygens (including phenoxy) is 2. The first-order valence-corrected chi connectivity index (χ1v) is 5.77. The van der Waals surface area contributed by atoms with Gasteiger partial charge in [0.05, 0.1) is 7.11 Å². The average Bonchev–Trinajstić information content (AvgIpc) is 2.26. The van der Waals surface area contributed by atoms with E-state index in [1.807, 2.05) is 0 Å². The van der Waals surface area contributed by atoms with Gasteiger partial charge in [0.25, 0.3) is 0 Å². The fourth-order valence-corrected chi connectivity index (χ4v) is 1.44. The topological polar surface area (TPSA) is 88.0 Å². The largest absolute Gasteiger partial charge is 0.497 e. The monoisotopic (exact) mass is 267 g/mol. The van der Waals surface area contributed by atoms with Crippen LogP contribution in [0.4, 0.5) is 10.5 Å². The predicted molar refractivity (Wildman–Crippen MR) is 72.7 cm³/mol. The summed E-state index contributed by atoms with van der Waals surface area (Å²) in [6.07, 6.45) is -0.615. The Morgan fingerprint density at radius 1 is 1.32 bits per heavy atom. The van der Waals surface area contributed by atoms with Crippen LogP contribution in [0.2, 0.25) is 0 Å². The van der Waals surface area contributed by atoms with Crippen LogP contribution in [0.1, 0.15) is 20.8 Å². The number of rotatable bonds is 3. The lowest BCUT2D eigenvalue weighted by Gasteiger charge is -2.20. The molecule has 0 aliphatic rings. The number of hydrogen-bond acceptors (Lipinski definition) is 5. The van der Waals surface area contributed by atoms with E-state index in [1.54, 1.807) is 26.8 Å². The molecule has 104 valence electrons. The van der Waals surface area contributed by atoms with E-state index < -0.39 is 18.8 Å². The summed E-state index contributed by atoms with van der Waals surface area (Å²) in [6.45, 7) is 5.26. The van der Waals surface area contributed by atoms with Crippen molar-refractivity contribution in [3.8, 4) is 5.75 Å². The SMILES string of the molecule is COc1ccc(NC(=O)OC(C)(C)C)cc1B(O)O. The highest BCUT2D eigenvalue weighted by molar-refractivity contribution is 6.59. The number of benzene rings is 1. The minimum atomic E-state index is -1.68. The summed E-state index contributed by atoms with van der Waals surface area (Å²) < 4.78 is 10.1. The van der Waals surface area contributed by atoms with Crippen molar-refractivity contribution in [2.45, 2.75) is 26.4 Å².